The largest absolute Gasteiger partial charge is 0.508 e. The topological polar surface area (TPSA) is 217 Å². The lowest BCUT2D eigenvalue weighted by atomic mass is 9.88. The van der Waals surface area contributed by atoms with E-state index < -0.39 is 49.2 Å². The average Bonchev–Trinajstić information content (AvgIpc) is 3.03. The Hall–Kier alpha value is -4.86. The molecule has 2 aromatic rings. The lowest BCUT2D eigenvalue weighted by Crippen LogP contribution is -2.59. The van der Waals surface area contributed by atoms with Crippen molar-refractivity contribution in [2.24, 2.45) is 0 Å². The minimum absolute atomic E-state index is 0.0105. The Labute approximate surface area is 255 Å². The molecule has 238 valence electrons. The summed E-state index contributed by atoms with van der Waals surface area (Å²) in [7, 11) is 2.67. The van der Waals surface area contributed by atoms with Crippen LogP contribution < -0.4 is 9.47 Å². The van der Waals surface area contributed by atoms with E-state index in [-0.39, 0.29) is 57.4 Å². The Morgan fingerprint density at radius 3 is 2.16 bits per heavy atom. The quantitative estimate of drug-likeness (QED) is 0.204. The Morgan fingerprint density at radius 1 is 0.800 bits per heavy atom. The summed E-state index contributed by atoms with van der Waals surface area (Å²) in [6, 6.07) is 6.88. The smallest absolute Gasteiger partial charge is 0.229 e. The number of allylic oxidation sites excluding steroid dienone is 2. The van der Waals surface area contributed by atoms with Crippen LogP contribution >= 0.6 is 0 Å². The number of hydrogen-bond donors (Lipinski definition) is 8. The van der Waals surface area contributed by atoms with E-state index in [4.69, 9.17) is 28.4 Å². The Morgan fingerprint density at radius 2 is 1.51 bits per heavy atom. The van der Waals surface area contributed by atoms with Crippen molar-refractivity contribution in [1.29, 1.82) is 0 Å². The number of ether oxygens (including phenoxy) is 6. The van der Waals surface area contributed by atoms with E-state index in [1.165, 1.54) is 56.7 Å². The third kappa shape index (κ3) is 5.18. The van der Waals surface area contributed by atoms with Crippen LogP contribution in [0.5, 0.6) is 28.7 Å². The molecule has 4 aliphatic rings. The summed E-state index contributed by atoms with van der Waals surface area (Å²) in [5, 5.41) is 82.6. The molecule has 6 rings (SSSR count). The Kier molecular flexibility index (Phi) is 7.76. The van der Waals surface area contributed by atoms with Crippen LogP contribution in [0.25, 0.3) is 11.5 Å². The number of benzene rings is 2. The highest BCUT2D eigenvalue weighted by Gasteiger charge is 2.47. The average molecular weight is 627 g/mol. The van der Waals surface area contributed by atoms with Gasteiger partial charge in [0.15, 0.2) is 40.6 Å². The maximum atomic E-state index is 10.8. The van der Waals surface area contributed by atoms with Crippen LogP contribution in [0, 0.1) is 0 Å². The minimum Gasteiger partial charge on any atom is -0.508 e. The number of hydrogen-bond acceptors (Lipinski definition) is 14. The van der Waals surface area contributed by atoms with Gasteiger partial charge in [-0.1, -0.05) is 0 Å². The van der Waals surface area contributed by atoms with Gasteiger partial charge in [0.2, 0.25) is 12.0 Å². The second-order valence-electron chi connectivity index (χ2n) is 10.5. The third-order valence-corrected chi connectivity index (χ3v) is 7.72. The molecular formula is C31H30O14. The van der Waals surface area contributed by atoms with Gasteiger partial charge in [0.1, 0.15) is 41.7 Å². The van der Waals surface area contributed by atoms with Crippen LogP contribution in [-0.4, -0.2) is 98.5 Å². The molecule has 2 aromatic carbocycles. The highest BCUT2D eigenvalue weighted by Crippen LogP contribution is 2.49. The number of phenolic OH excluding ortho intramolecular Hbond substituents is 3. The number of methoxy groups -OCH3 is 2. The van der Waals surface area contributed by atoms with Crippen LogP contribution in [0.3, 0.4) is 0 Å². The van der Waals surface area contributed by atoms with Gasteiger partial charge in [-0.3, -0.25) is 0 Å². The summed E-state index contributed by atoms with van der Waals surface area (Å²) in [5.74, 6) is -1.02. The Balaban J connectivity index is 1.58. The van der Waals surface area contributed by atoms with Crippen molar-refractivity contribution in [3.63, 3.8) is 0 Å². The van der Waals surface area contributed by atoms with Crippen molar-refractivity contribution in [2.45, 2.75) is 36.8 Å². The first-order valence-corrected chi connectivity index (χ1v) is 13.7. The summed E-state index contributed by atoms with van der Waals surface area (Å²) < 4.78 is 34.9. The van der Waals surface area contributed by atoms with Gasteiger partial charge in [-0.05, 0) is 36.4 Å². The monoisotopic (exact) mass is 626 g/mol. The van der Waals surface area contributed by atoms with Gasteiger partial charge in [-0.15, -0.1) is 0 Å². The van der Waals surface area contributed by atoms with E-state index in [2.05, 4.69) is 0 Å². The van der Waals surface area contributed by atoms with Crippen LogP contribution in [0.15, 0.2) is 77.0 Å². The molecule has 1 saturated heterocycles. The molecule has 3 aliphatic heterocycles. The predicted octanol–water partition coefficient (Wildman–Crippen LogP) is 1.41. The lowest BCUT2D eigenvalue weighted by Gasteiger charge is -2.41. The van der Waals surface area contributed by atoms with Crippen molar-refractivity contribution in [1.82, 2.24) is 0 Å². The zero-order valence-electron chi connectivity index (χ0n) is 23.8. The first kappa shape index (κ1) is 30.2. The van der Waals surface area contributed by atoms with Crippen molar-refractivity contribution in [3.05, 3.63) is 88.1 Å². The van der Waals surface area contributed by atoms with Crippen LogP contribution in [0.1, 0.15) is 11.1 Å². The maximum absolute atomic E-state index is 10.8. The van der Waals surface area contributed by atoms with Crippen molar-refractivity contribution < 1.29 is 69.3 Å². The fraction of sp³-hybridized carbons (Fsp3) is 0.290. The number of aromatic hydroxyl groups is 3. The van der Waals surface area contributed by atoms with Crippen molar-refractivity contribution >= 4 is 11.5 Å². The van der Waals surface area contributed by atoms with E-state index >= 15 is 0 Å². The third-order valence-electron chi connectivity index (χ3n) is 7.72. The number of rotatable bonds is 7. The van der Waals surface area contributed by atoms with E-state index in [0.717, 1.165) is 0 Å². The molecule has 0 bridgehead atoms. The maximum Gasteiger partial charge on any atom is 0.229 e. The summed E-state index contributed by atoms with van der Waals surface area (Å²) in [6.45, 7) is -0.700. The molecule has 45 heavy (non-hydrogen) atoms. The van der Waals surface area contributed by atoms with Gasteiger partial charge >= 0.3 is 0 Å². The van der Waals surface area contributed by atoms with Crippen molar-refractivity contribution in [2.75, 3.05) is 20.8 Å². The SMILES string of the molecule is COc1cc(C2=C(O[C@@H]3O[C@H](CO)[C@@H](O)[C@H](O)[C@H]3O)C3=C4C(=CC(O)=CC4O2)OC(c2ccc(O)c(O)c2)=C3)cc(OC)c1O. The molecule has 8 N–H and O–H groups in total. The first-order valence-electron chi connectivity index (χ1n) is 13.7. The highest BCUT2D eigenvalue weighted by molar-refractivity contribution is 5.80. The van der Waals surface area contributed by atoms with E-state index in [1.807, 2.05) is 0 Å². The second kappa shape index (κ2) is 11.6. The fourth-order valence-electron chi connectivity index (χ4n) is 5.39. The molecule has 6 atom stereocenters. The van der Waals surface area contributed by atoms with Crippen molar-refractivity contribution in [3.8, 4) is 28.7 Å². The molecule has 14 nitrogen and oxygen atoms in total. The molecule has 0 radical (unpaired) electrons. The first-order chi connectivity index (χ1) is 21.5. The summed E-state index contributed by atoms with van der Waals surface area (Å²) in [6.07, 6.45) is -4.77. The molecule has 0 spiro atoms. The summed E-state index contributed by atoms with van der Waals surface area (Å²) in [4.78, 5) is 0. The normalized spacial score (nSPS) is 27.4. The minimum atomic E-state index is -1.79. The van der Waals surface area contributed by atoms with Gasteiger partial charge in [-0.2, -0.15) is 0 Å². The molecule has 14 heteroatoms. The molecule has 1 unspecified atom stereocenters. The zero-order valence-corrected chi connectivity index (χ0v) is 23.8. The lowest BCUT2D eigenvalue weighted by molar-refractivity contribution is -0.290. The molecule has 0 saturated carbocycles. The standard InChI is InChI=1S/C31H30O14/c1-40-21-6-13(7-22(41-2)25(21)36)29-30(45-31-28(39)27(38)26(37)23(11-32)44-31)15-10-18(12-3-4-16(34)17(35)5-12)42-19-8-14(33)9-20(43-29)24(15)19/h3-10,20,23,26-28,31-39H,11H2,1-2H3/t20?,23-,26-,27+,28-,31+/m1/s1. The highest BCUT2D eigenvalue weighted by atomic mass is 16.7. The predicted molar refractivity (Wildman–Crippen MR) is 153 cm³/mol. The van der Waals surface area contributed by atoms with Crippen LogP contribution in [-0.2, 0) is 18.9 Å². The van der Waals surface area contributed by atoms with Crippen LogP contribution in [0.2, 0.25) is 0 Å². The van der Waals surface area contributed by atoms with Gasteiger partial charge < -0.3 is 69.3 Å². The Bertz CT molecular complexity index is 1660. The van der Waals surface area contributed by atoms with Gasteiger partial charge in [0, 0.05) is 28.9 Å². The van der Waals surface area contributed by atoms with Crippen LogP contribution in [0.4, 0.5) is 0 Å². The molecule has 1 fully saturated rings. The van der Waals surface area contributed by atoms with E-state index in [0.29, 0.717) is 16.7 Å². The fourth-order valence-corrected chi connectivity index (χ4v) is 5.39. The van der Waals surface area contributed by atoms with Gasteiger partial charge in [-0.25, -0.2) is 0 Å². The molecule has 0 amide bonds. The van der Waals surface area contributed by atoms with Gasteiger partial charge in [0.25, 0.3) is 0 Å². The van der Waals surface area contributed by atoms with Gasteiger partial charge in [0.05, 0.1) is 26.4 Å². The number of aliphatic hydroxyl groups excluding tert-OH is 5. The number of phenols is 3. The second-order valence-corrected chi connectivity index (χ2v) is 10.5. The van der Waals surface area contributed by atoms with E-state index in [9.17, 15) is 40.9 Å². The zero-order chi connectivity index (χ0) is 32.2. The molecular weight excluding hydrogens is 596 g/mol. The molecule has 1 aliphatic carbocycles. The molecule has 3 heterocycles. The molecule has 0 aromatic heterocycles. The summed E-state index contributed by atoms with van der Waals surface area (Å²) >= 11 is 0. The summed E-state index contributed by atoms with van der Waals surface area (Å²) in [5.41, 5.74) is 1.27. The number of aliphatic hydroxyl groups is 5. The van der Waals surface area contributed by atoms with E-state index in [1.54, 1.807) is 6.08 Å².